The van der Waals surface area contributed by atoms with Crippen molar-refractivity contribution < 1.29 is 4.79 Å². The van der Waals surface area contributed by atoms with Gasteiger partial charge >= 0.3 is 0 Å². The Morgan fingerprint density at radius 2 is 1.69 bits per heavy atom. The molecule has 0 atom stereocenters. The van der Waals surface area contributed by atoms with Crippen LogP contribution in [0.25, 0.3) is 6.08 Å². The fourth-order valence-corrected chi connectivity index (χ4v) is 3.24. The summed E-state index contributed by atoms with van der Waals surface area (Å²) in [4.78, 5) is 14.6. The summed E-state index contributed by atoms with van der Waals surface area (Å²) in [6, 6.07) is 16.5. The van der Waals surface area contributed by atoms with Gasteiger partial charge in [0.05, 0.1) is 0 Å². The molecule has 3 heteroatoms. The van der Waals surface area contributed by atoms with Crippen molar-refractivity contribution in [3.05, 3.63) is 71.3 Å². The minimum atomic E-state index is -0.106. The van der Waals surface area contributed by atoms with E-state index in [2.05, 4.69) is 48.3 Å². The van der Waals surface area contributed by atoms with E-state index in [1.165, 1.54) is 37.1 Å². The average Bonchev–Trinajstić information content (AvgIpc) is 3.15. The maximum absolute atomic E-state index is 12.1. The number of hydrogen-bond acceptors (Lipinski definition) is 2. The van der Waals surface area contributed by atoms with Crippen LogP contribution in [0, 0.1) is 0 Å². The summed E-state index contributed by atoms with van der Waals surface area (Å²) in [6.45, 7) is 7.74. The molecule has 1 aliphatic rings. The van der Waals surface area contributed by atoms with Crippen LogP contribution in [0.15, 0.2) is 54.6 Å². The lowest BCUT2D eigenvalue weighted by Gasteiger charge is -2.14. The summed E-state index contributed by atoms with van der Waals surface area (Å²) in [5.41, 5.74) is 4.47. The molecule has 3 nitrogen and oxygen atoms in total. The number of hydrogen-bond donors (Lipinski definition) is 1. The minimum Gasteiger partial charge on any atom is -0.323 e. The zero-order chi connectivity index (χ0) is 18.4. The second kappa shape index (κ2) is 8.81. The highest BCUT2D eigenvalue weighted by molar-refractivity contribution is 6.01. The first-order valence-corrected chi connectivity index (χ1v) is 9.50. The number of rotatable bonds is 6. The van der Waals surface area contributed by atoms with E-state index in [0.29, 0.717) is 5.92 Å². The number of anilines is 1. The smallest absolute Gasteiger partial charge is 0.248 e. The lowest BCUT2D eigenvalue weighted by atomic mass is 10.0. The van der Waals surface area contributed by atoms with Crippen LogP contribution in [0.3, 0.4) is 0 Å². The Morgan fingerprint density at radius 3 is 2.31 bits per heavy atom. The molecule has 0 bridgehead atoms. The van der Waals surface area contributed by atoms with Gasteiger partial charge in [0, 0.05) is 18.3 Å². The van der Waals surface area contributed by atoms with E-state index in [0.717, 1.165) is 17.8 Å². The van der Waals surface area contributed by atoms with Crippen molar-refractivity contribution in [1.29, 1.82) is 0 Å². The van der Waals surface area contributed by atoms with Gasteiger partial charge in [0.2, 0.25) is 5.91 Å². The molecular formula is C23H28N2O. The molecule has 0 spiro atoms. The molecule has 1 N–H and O–H groups in total. The zero-order valence-electron chi connectivity index (χ0n) is 15.7. The molecule has 1 saturated heterocycles. The molecule has 2 aromatic rings. The maximum atomic E-state index is 12.1. The SMILES string of the molecule is CC(C)c1ccc(/C=C/C(=O)Nc2ccc(CN3CCCC3)cc2)cc1. The third-order valence-corrected chi connectivity index (χ3v) is 4.86. The average molecular weight is 348 g/mol. The molecule has 1 amide bonds. The minimum absolute atomic E-state index is 0.106. The normalized spacial score (nSPS) is 15.0. The fourth-order valence-electron chi connectivity index (χ4n) is 3.24. The molecule has 1 heterocycles. The molecule has 0 saturated carbocycles. The van der Waals surface area contributed by atoms with Crippen molar-refractivity contribution >= 4 is 17.7 Å². The number of carbonyl (C=O) groups excluding carboxylic acids is 1. The predicted octanol–water partition coefficient (Wildman–Crippen LogP) is 5.06. The van der Waals surface area contributed by atoms with E-state index < -0.39 is 0 Å². The van der Waals surface area contributed by atoms with Gasteiger partial charge in [-0.1, -0.05) is 50.2 Å². The summed E-state index contributed by atoms with van der Waals surface area (Å²) in [5.74, 6) is 0.412. The largest absolute Gasteiger partial charge is 0.323 e. The molecule has 3 rings (SSSR count). The molecule has 0 aromatic heterocycles. The van der Waals surface area contributed by atoms with Crippen LogP contribution in [0.4, 0.5) is 5.69 Å². The Balaban J connectivity index is 1.52. The van der Waals surface area contributed by atoms with Crippen molar-refractivity contribution in [1.82, 2.24) is 4.90 Å². The third-order valence-electron chi connectivity index (χ3n) is 4.86. The van der Waals surface area contributed by atoms with Crippen LogP contribution < -0.4 is 5.32 Å². The highest BCUT2D eigenvalue weighted by Gasteiger charge is 2.11. The summed E-state index contributed by atoms with van der Waals surface area (Å²) in [7, 11) is 0. The quantitative estimate of drug-likeness (QED) is 0.740. The molecule has 2 aromatic carbocycles. The van der Waals surface area contributed by atoms with Crippen molar-refractivity contribution in [2.75, 3.05) is 18.4 Å². The van der Waals surface area contributed by atoms with Gasteiger partial charge in [0.1, 0.15) is 0 Å². The first-order valence-electron chi connectivity index (χ1n) is 9.50. The molecule has 0 aliphatic carbocycles. The summed E-state index contributed by atoms with van der Waals surface area (Å²) < 4.78 is 0. The monoisotopic (exact) mass is 348 g/mol. The van der Waals surface area contributed by atoms with Gasteiger partial charge in [-0.05, 0) is 66.7 Å². The topological polar surface area (TPSA) is 32.3 Å². The Bertz CT molecular complexity index is 739. The number of carbonyl (C=O) groups is 1. The van der Waals surface area contributed by atoms with Crippen molar-refractivity contribution in [2.45, 2.75) is 39.2 Å². The van der Waals surface area contributed by atoms with E-state index in [1.54, 1.807) is 6.08 Å². The molecule has 136 valence electrons. The standard InChI is InChI=1S/C23H28N2O/c1-18(2)21-10-5-19(6-11-21)9-14-23(26)24-22-12-7-20(8-13-22)17-25-15-3-4-16-25/h5-14,18H,3-4,15-17H2,1-2H3,(H,24,26)/b14-9+. The first kappa shape index (κ1) is 18.4. The van der Waals surface area contributed by atoms with Crippen LogP contribution in [0.1, 0.15) is 49.3 Å². The lowest BCUT2D eigenvalue weighted by molar-refractivity contribution is -0.111. The first-order chi connectivity index (χ1) is 12.6. The summed E-state index contributed by atoms with van der Waals surface area (Å²) in [6.07, 6.45) is 6.05. The molecule has 26 heavy (non-hydrogen) atoms. The maximum Gasteiger partial charge on any atom is 0.248 e. The number of benzene rings is 2. The van der Waals surface area contributed by atoms with Gasteiger partial charge in [-0.2, -0.15) is 0 Å². The van der Waals surface area contributed by atoms with Gasteiger partial charge < -0.3 is 5.32 Å². The number of nitrogens with zero attached hydrogens (tertiary/aromatic N) is 1. The van der Waals surface area contributed by atoms with Crippen molar-refractivity contribution in [2.24, 2.45) is 0 Å². The molecule has 1 fully saturated rings. The van der Waals surface area contributed by atoms with E-state index >= 15 is 0 Å². The Labute approximate surface area is 156 Å². The lowest BCUT2D eigenvalue weighted by Crippen LogP contribution is -2.18. The Kier molecular flexibility index (Phi) is 6.24. The van der Waals surface area contributed by atoms with Crippen LogP contribution in [-0.2, 0) is 11.3 Å². The Hall–Kier alpha value is -2.39. The Morgan fingerprint density at radius 1 is 1.04 bits per heavy atom. The van der Waals surface area contributed by atoms with Crippen molar-refractivity contribution in [3.63, 3.8) is 0 Å². The summed E-state index contributed by atoms with van der Waals surface area (Å²) >= 11 is 0. The number of nitrogens with one attached hydrogen (secondary N) is 1. The fraction of sp³-hybridized carbons (Fsp3) is 0.348. The van der Waals surface area contributed by atoms with E-state index in [-0.39, 0.29) is 5.91 Å². The second-order valence-electron chi connectivity index (χ2n) is 7.32. The van der Waals surface area contributed by atoms with Gasteiger partial charge in [-0.3, -0.25) is 9.69 Å². The van der Waals surface area contributed by atoms with E-state index in [1.807, 2.05) is 30.3 Å². The molecular weight excluding hydrogens is 320 g/mol. The van der Waals surface area contributed by atoms with Gasteiger partial charge in [-0.15, -0.1) is 0 Å². The second-order valence-corrected chi connectivity index (χ2v) is 7.32. The van der Waals surface area contributed by atoms with Gasteiger partial charge in [-0.25, -0.2) is 0 Å². The molecule has 1 aliphatic heterocycles. The highest BCUT2D eigenvalue weighted by atomic mass is 16.1. The number of amides is 1. The van der Waals surface area contributed by atoms with Crippen molar-refractivity contribution in [3.8, 4) is 0 Å². The zero-order valence-corrected chi connectivity index (χ0v) is 15.7. The van der Waals surface area contributed by atoms with Crippen LogP contribution in [0.5, 0.6) is 0 Å². The van der Waals surface area contributed by atoms with Crippen LogP contribution >= 0.6 is 0 Å². The number of likely N-dealkylation sites (tertiary alicyclic amines) is 1. The van der Waals surface area contributed by atoms with Gasteiger partial charge in [0.15, 0.2) is 0 Å². The molecule has 0 unspecified atom stereocenters. The van der Waals surface area contributed by atoms with E-state index in [4.69, 9.17) is 0 Å². The predicted molar refractivity (Wildman–Crippen MR) is 109 cm³/mol. The van der Waals surface area contributed by atoms with Gasteiger partial charge in [0.25, 0.3) is 0 Å². The highest BCUT2D eigenvalue weighted by Crippen LogP contribution is 2.16. The summed E-state index contributed by atoms with van der Waals surface area (Å²) in [5, 5.41) is 2.92. The van der Waals surface area contributed by atoms with Crippen LogP contribution in [-0.4, -0.2) is 23.9 Å². The van der Waals surface area contributed by atoms with Crippen LogP contribution in [0.2, 0.25) is 0 Å². The molecule has 0 radical (unpaired) electrons. The van der Waals surface area contributed by atoms with E-state index in [9.17, 15) is 4.79 Å². The third kappa shape index (κ3) is 5.30.